The number of nitrogens with zero attached hydrogens (tertiary/aromatic N) is 2. The lowest BCUT2D eigenvalue weighted by Gasteiger charge is -2.11. The summed E-state index contributed by atoms with van der Waals surface area (Å²) in [5.41, 5.74) is 3.58. The summed E-state index contributed by atoms with van der Waals surface area (Å²) in [6.45, 7) is 4.61. The van der Waals surface area contributed by atoms with Crippen LogP contribution < -0.4 is 26.4 Å². The molecule has 1 heterocycles. The maximum absolute atomic E-state index is 3.79. The van der Waals surface area contributed by atoms with Crippen LogP contribution in [0.2, 0.25) is 0 Å². The van der Waals surface area contributed by atoms with Crippen molar-refractivity contribution in [1.29, 1.82) is 0 Å². The molecule has 3 heteroatoms. The third-order valence-corrected chi connectivity index (χ3v) is 3.16. The Bertz CT molecular complexity index is 601. The van der Waals surface area contributed by atoms with Crippen molar-refractivity contribution in [3.8, 4) is 0 Å². The summed E-state index contributed by atoms with van der Waals surface area (Å²) >= 11 is 0. The molecular formula is C18H21BrN2. The second-order valence-corrected chi connectivity index (χ2v) is 4.89. The summed E-state index contributed by atoms with van der Waals surface area (Å²) in [5, 5.41) is 0. The SMILES string of the molecule is C=CC[n+]1ccccc1C=Cc1ccc(N(C)C)cc1.[Br-]. The smallest absolute Gasteiger partial charge is 0.205 e. The zero-order chi connectivity index (χ0) is 14.4. The van der Waals surface area contributed by atoms with E-state index in [0.717, 1.165) is 6.54 Å². The lowest BCUT2D eigenvalue weighted by atomic mass is 10.1. The number of aromatic nitrogens is 1. The molecule has 0 aliphatic rings. The fraction of sp³-hybridized carbons (Fsp3) is 0.167. The van der Waals surface area contributed by atoms with E-state index in [9.17, 15) is 0 Å². The van der Waals surface area contributed by atoms with Crippen LogP contribution in [0.15, 0.2) is 61.3 Å². The molecule has 1 aromatic carbocycles. The van der Waals surface area contributed by atoms with E-state index < -0.39 is 0 Å². The van der Waals surface area contributed by atoms with Crippen molar-refractivity contribution < 1.29 is 21.5 Å². The molecule has 0 bridgehead atoms. The Kier molecular flexibility index (Phi) is 6.89. The third-order valence-electron chi connectivity index (χ3n) is 3.16. The molecule has 0 atom stereocenters. The molecule has 0 unspecified atom stereocenters. The van der Waals surface area contributed by atoms with Crippen LogP contribution >= 0.6 is 0 Å². The van der Waals surface area contributed by atoms with Crippen molar-refractivity contribution >= 4 is 17.8 Å². The minimum Gasteiger partial charge on any atom is -1.00 e. The molecule has 0 spiro atoms. The van der Waals surface area contributed by atoms with Crippen LogP contribution in [0.5, 0.6) is 0 Å². The highest BCUT2D eigenvalue weighted by molar-refractivity contribution is 5.68. The Hall–Kier alpha value is -1.87. The van der Waals surface area contributed by atoms with E-state index in [2.05, 4.69) is 70.8 Å². The van der Waals surface area contributed by atoms with Gasteiger partial charge in [-0.3, -0.25) is 0 Å². The van der Waals surface area contributed by atoms with Gasteiger partial charge in [-0.1, -0.05) is 18.7 Å². The van der Waals surface area contributed by atoms with E-state index >= 15 is 0 Å². The molecule has 2 nitrogen and oxygen atoms in total. The molecule has 0 aliphatic carbocycles. The quantitative estimate of drug-likeness (QED) is 0.562. The Morgan fingerprint density at radius 3 is 2.38 bits per heavy atom. The van der Waals surface area contributed by atoms with Crippen molar-refractivity contribution in [3.05, 3.63) is 72.6 Å². The maximum Gasteiger partial charge on any atom is 0.205 e. The van der Waals surface area contributed by atoms with Crippen LogP contribution in [-0.2, 0) is 6.54 Å². The van der Waals surface area contributed by atoms with Crippen molar-refractivity contribution in [3.63, 3.8) is 0 Å². The number of allylic oxidation sites excluding steroid dienone is 1. The number of benzene rings is 1. The average Bonchev–Trinajstić information content (AvgIpc) is 2.47. The van der Waals surface area contributed by atoms with E-state index in [4.69, 9.17) is 0 Å². The number of hydrogen-bond donors (Lipinski definition) is 0. The van der Waals surface area contributed by atoms with E-state index in [1.807, 2.05) is 26.2 Å². The summed E-state index contributed by atoms with van der Waals surface area (Å²) in [4.78, 5) is 2.10. The van der Waals surface area contributed by atoms with Crippen LogP contribution in [0.25, 0.3) is 12.2 Å². The van der Waals surface area contributed by atoms with E-state index in [1.54, 1.807) is 0 Å². The average molecular weight is 345 g/mol. The molecule has 2 aromatic rings. The number of rotatable bonds is 5. The number of pyridine rings is 1. The molecule has 110 valence electrons. The van der Waals surface area contributed by atoms with Crippen molar-refractivity contribution in [1.82, 2.24) is 0 Å². The Balaban J connectivity index is 0.00000220. The van der Waals surface area contributed by atoms with Crippen LogP contribution in [0.3, 0.4) is 0 Å². The normalized spacial score (nSPS) is 10.2. The van der Waals surface area contributed by atoms with Gasteiger partial charge in [0, 0.05) is 38.0 Å². The molecule has 0 saturated heterocycles. The van der Waals surface area contributed by atoms with Crippen LogP contribution in [-0.4, -0.2) is 14.1 Å². The van der Waals surface area contributed by atoms with Gasteiger partial charge in [0.15, 0.2) is 12.7 Å². The van der Waals surface area contributed by atoms with E-state index in [0.29, 0.717) is 0 Å². The van der Waals surface area contributed by atoms with Crippen molar-refractivity contribution in [2.45, 2.75) is 6.54 Å². The van der Waals surface area contributed by atoms with Gasteiger partial charge in [-0.05, 0) is 35.9 Å². The van der Waals surface area contributed by atoms with Gasteiger partial charge in [0.2, 0.25) is 5.69 Å². The summed E-state index contributed by atoms with van der Waals surface area (Å²) < 4.78 is 2.16. The topological polar surface area (TPSA) is 7.12 Å². The van der Waals surface area contributed by atoms with Gasteiger partial charge in [-0.15, -0.1) is 0 Å². The highest BCUT2D eigenvalue weighted by Gasteiger charge is 2.03. The number of anilines is 1. The maximum atomic E-state index is 3.79. The monoisotopic (exact) mass is 344 g/mol. The van der Waals surface area contributed by atoms with E-state index in [-0.39, 0.29) is 17.0 Å². The fourth-order valence-corrected chi connectivity index (χ4v) is 2.01. The van der Waals surface area contributed by atoms with Gasteiger partial charge < -0.3 is 21.9 Å². The van der Waals surface area contributed by atoms with Crippen molar-refractivity contribution in [2.24, 2.45) is 0 Å². The molecule has 0 fully saturated rings. The minimum atomic E-state index is 0. The highest BCUT2D eigenvalue weighted by atomic mass is 79.9. The first kappa shape index (κ1) is 17.2. The molecule has 0 radical (unpaired) electrons. The third kappa shape index (κ3) is 4.87. The highest BCUT2D eigenvalue weighted by Crippen LogP contribution is 2.13. The Morgan fingerprint density at radius 2 is 1.76 bits per heavy atom. The molecular weight excluding hydrogens is 324 g/mol. The largest absolute Gasteiger partial charge is 1.00 e. The van der Waals surface area contributed by atoms with Gasteiger partial charge in [-0.25, -0.2) is 0 Å². The number of halogens is 1. The van der Waals surface area contributed by atoms with Crippen LogP contribution in [0.1, 0.15) is 11.3 Å². The first-order valence-corrected chi connectivity index (χ1v) is 6.75. The molecule has 1 aromatic heterocycles. The fourth-order valence-electron chi connectivity index (χ4n) is 2.01. The molecule has 0 aliphatic heterocycles. The van der Waals surface area contributed by atoms with Crippen LogP contribution in [0, 0.1) is 0 Å². The lowest BCUT2D eigenvalue weighted by Crippen LogP contribution is -3.00. The predicted molar refractivity (Wildman–Crippen MR) is 86.5 cm³/mol. The molecule has 2 rings (SSSR count). The zero-order valence-corrected chi connectivity index (χ0v) is 14.1. The van der Waals surface area contributed by atoms with Gasteiger partial charge in [0.05, 0.1) is 0 Å². The first-order valence-electron chi connectivity index (χ1n) is 6.75. The predicted octanol–water partition coefficient (Wildman–Crippen LogP) is 0.401. The summed E-state index contributed by atoms with van der Waals surface area (Å²) in [6, 6.07) is 14.7. The summed E-state index contributed by atoms with van der Waals surface area (Å²) in [5.74, 6) is 0. The molecule has 0 saturated carbocycles. The van der Waals surface area contributed by atoms with Gasteiger partial charge in [0.25, 0.3) is 0 Å². The standard InChI is InChI=1S/C18H21N2.BrH/c1-4-14-20-15-6-5-7-18(20)13-10-16-8-11-17(12-9-16)19(2)3;/h4-13,15H,1,14H2,2-3H3;1H/q+1;/p-1. The van der Waals surface area contributed by atoms with Gasteiger partial charge in [0.1, 0.15) is 0 Å². The Morgan fingerprint density at radius 1 is 1.05 bits per heavy atom. The van der Waals surface area contributed by atoms with E-state index in [1.165, 1.54) is 16.9 Å². The molecule has 0 amide bonds. The Labute approximate surface area is 137 Å². The first-order chi connectivity index (χ1) is 9.70. The zero-order valence-electron chi connectivity index (χ0n) is 12.5. The van der Waals surface area contributed by atoms with Crippen LogP contribution in [0.4, 0.5) is 5.69 Å². The van der Waals surface area contributed by atoms with Gasteiger partial charge in [-0.2, -0.15) is 4.57 Å². The number of hydrogen-bond acceptors (Lipinski definition) is 1. The minimum absolute atomic E-state index is 0. The summed E-state index contributed by atoms with van der Waals surface area (Å²) in [6.07, 6.45) is 8.24. The van der Waals surface area contributed by atoms with Crippen molar-refractivity contribution in [2.75, 3.05) is 19.0 Å². The summed E-state index contributed by atoms with van der Waals surface area (Å²) in [7, 11) is 4.10. The van der Waals surface area contributed by atoms with Gasteiger partial charge >= 0.3 is 0 Å². The second-order valence-electron chi connectivity index (χ2n) is 4.89. The molecule has 0 N–H and O–H groups in total. The lowest BCUT2D eigenvalue weighted by molar-refractivity contribution is -0.688. The molecule has 21 heavy (non-hydrogen) atoms. The second kappa shape index (κ2) is 8.42.